The van der Waals surface area contributed by atoms with E-state index >= 15 is 0 Å². The molecule has 1 aliphatic rings. The molecule has 0 amide bonds. The van der Waals surface area contributed by atoms with Gasteiger partial charge in [0.15, 0.2) is 5.96 Å². The molecule has 0 aromatic heterocycles. The molecular weight excluding hydrogens is 409 g/mol. The van der Waals surface area contributed by atoms with Crippen LogP contribution >= 0.6 is 0 Å². The number of nitrogens with one attached hydrogen (secondary N) is 2. The molecule has 1 heterocycles. The van der Waals surface area contributed by atoms with Gasteiger partial charge in [-0.2, -0.15) is 17.5 Å². The summed E-state index contributed by atoms with van der Waals surface area (Å²) >= 11 is 0. The quantitative estimate of drug-likeness (QED) is 0.389. The van der Waals surface area contributed by atoms with Crippen molar-refractivity contribution in [3.05, 3.63) is 29.8 Å². The summed E-state index contributed by atoms with van der Waals surface area (Å²) in [5.74, 6) is 1.36. The summed E-state index contributed by atoms with van der Waals surface area (Å²) in [6, 6.07) is 7.70. The highest BCUT2D eigenvalue weighted by Gasteiger charge is 2.50. The lowest BCUT2D eigenvalue weighted by Crippen LogP contribution is -2.51. The van der Waals surface area contributed by atoms with Gasteiger partial charge in [0, 0.05) is 32.7 Å². The second-order valence-electron chi connectivity index (χ2n) is 6.72. The number of hydrogen-bond acceptors (Lipinski definition) is 4. The number of nitrogens with zero attached hydrogens (tertiary/aromatic N) is 2. The maximum atomic E-state index is 12.6. The van der Waals surface area contributed by atoms with Gasteiger partial charge in [0.05, 0.1) is 7.11 Å². The number of aryl methyl sites for hydroxylation is 1. The summed E-state index contributed by atoms with van der Waals surface area (Å²) in [7, 11) is -2.02. The zero-order chi connectivity index (χ0) is 21.5. The van der Waals surface area contributed by atoms with Crippen molar-refractivity contribution in [2.24, 2.45) is 4.99 Å². The number of hydrogen-bond donors (Lipinski definition) is 2. The number of guanidine groups is 1. The van der Waals surface area contributed by atoms with Crippen molar-refractivity contribution in [1.29, 1.82) is 0 Å². The zero-order valence-corrected chi connectivity index (χ0v) is 17.3. The Morgan fingerprint density at radius 3 is 2.38 bits per heavy atom. The molecule has 0 saturated carbocycles. The van der Waals surface area contributed by atoms with E-state index < -0.39 is 15.5 Å². The summed E-state index contributed by atoms with van der Waals surface area (Å²) in [6.45, 7) is 0.328. The molecule has 29 heavy (non-hydrogen) atoms. The molecule has 1 aliphatic heterocycles. The fraction of sp³-hybridized carbons (Fsp3) is 0.611. The highest BCUT2D eigenvalue weighted by molar-refractivity contribution is 7.90. The van der Waals surface area contributed by atoms with E-state index in [0.29, 0.717) is 16.8 Å². The van der Waals surface area contributed by atoms with E-state index in [1.54, 1.807) is 14.2 Å². The van der Waals surface area contributed by atoms with E-state index in [-0.39, 0.29) is 32.0 Å². The Bertz CT molecular complexity index is 775. The third kappa shape index (κ3) is 6.49. The highest BCUT2D eigenvalue weighted by Crippen LogP contribution is 2.28. The molecule has 0 aliphatic carbocycles. The van der Waals surface area contributed by atoms with Crippen LogP contribution in [-0.2, 0) is 16.4 Å². The zero-order valence-electron chi connectivity index (χ0n) is 16.5. The number of rotatable bonds is 7. The van der Waals surface area contributed by atoms with Crippen LogP contribution in [0.25, 0.3) is 0 Å². The average molecular weight is 437 g/mol. The van der Waals surface area contributed by atoms with E-state index in [2.05, 4.69) is 15.6 Å². The van der Waals surface area contributed by atoms with Gasteiger partial charge in [-0.1, -0.05) is 12.1 Å². The minimum absolute atomic E-state index is 0.137. The van der Waals surface area contributed by atoms with Crippen LogP contribution in [0.2, 0.25) is 0 Å². The van der Waals surface area contributed by atoms with Crippen LogP contribution in [0.3, 0.4) is 0 Å². The summed E-state index contributed by atoms with van der Waals surface area (Å²) in [5, 5.41) is 6.33. The van der Waals surface area contributed by atoms with Crippen molar-refractivity contribution < 1.29 is 26.3 Å². The predicted molar refractivity (Wildman–Crippen MR) is 105 cm³/mol. The molecule has 164 valence electrons. The first-order chi connectivity index (χ1) is 13.7. The molecule has 0 atom stereocenters. The van der Waals surface area contributed by atoms with E-state index in [9.17, 15) is 21.6 Å². The van der Waals surface area contributed by atoms with E-state index in [0.717, 1.165) is 18.6 Å². The van der Waals surface area contributed by atoms with Crippen molar-refractivity contribution >= 4 is 16.0 Å². The maximum absolute atomic E-state index is 12.6. The molecule has 2 N–H and O–H groups in total. The number of sulfonamides is 1. The predicted octanol–water partition coefficient (Wildman–Crippen LogP) is 2.11. The fourth-order valence-electron chi connectivity index (χ4n) is 3.07. The molecule has 0 unspecified atom stereocenters. The molecule has 1 aromatic rings. The number of alkyl halides is 3. The van der Waals surface area contributed by atoms with Crippen LogP contribution in [0.5, 0.6) is 5.75 Å². The van der Waals surface area contributed by atoms with Gasteiger partial charge in [0.1, 0.15) is 5.75 Å². The minimum Gasteiger partial charge on any atom is -0.497 e. The molecule has 1 saturated heterocycles. The van der Waals surface area contributed by atoms with Crippen LogP contribution in [0, 0.1) is 0 Å². The van der Waals surface area contributed by atoms with Crippen LogP contribution in [-0.4, -0.2) is 64.0 Å². The van der Waals surface area contributed by atoms with E-state index in [1.165, 1.54) is 5.56 Å². The molecule has 0 spiro atoms. The monoisotopic (exact) mass is 436 g/mol. The molecule has 1 aromatic carbocycles. The molecule has 1 fully saturated rings. The van der Waals surface area contributed by atoms with Gasteiger partial charge in [0.25, 0.3) is 0 Å². The van der Waals surface area contributed by atoms with Crippen molar-refractivity contribution in [2.75, 3.05) is 33.8 Å². The number of benzene rings is 1. The lowest BCUT2D eigenvalue weighted by atomic mass is 10.1. The van der Waals surface area contributed by atoms with Crippen LogP contribution < -0.4 is 15.4 Å². The second-order valence-corrected chi connectivity index (χ2v) is 8.65. The van der Waals surface area contributed by atoms with Gasteiger partial charge in [-0.05, 0) is 43.4 Å². The molecule has 7 nitrogen and oxygen atoms in total. The topological polar surface area (TPSA) is 83.0 Å². The van der Waals surface area contributed by atoms with Crippen molar-refractivity contribution in [3.8, 4) is 5.75 Å². The van der Waals surface area contributed by atoms with Crippen molar-refractivity contribution in [3.63, 3.8) is 0 Å². The smallest absolute Gasteiger partial charge is 0.497 e. The highest BCUT2D eigenvalue weighted by atomic mass is 32.2. The van der Waals surface area contributed by atoms with E-state index in [1.807, 2.05) is 24.3 Å². The van der Waals surface area contributed by atoms with Gasteiger partial charge in [-0.15, -0.1) is 0 Å². The average Bonchev–Trinajstić information content (AvgIpc) is 2.70. The van der Waals surface area contributed by atoms with Gasteiger partial charge >= 0.3 is 15.5 Å². The molecular formula is C18H27F3N4O3S. The standard InChI is InChI=1S/C18H27F3N4O3S/c1-22-17(23-11-3-4-14-5-7-16(28-2)8-6-14)24-15-9-12-25(13-10-15)29(26,27)18(19,20)21/h5-8,15H,3-4,9-13H2,1-2H3,(H2,22,23,24). The Labute approximate surface area is 169 Å². The summed E-state index contributed by atoms with van der Waals surface area (Å²) in [5.41, 5.74) is -4.07. The number of ether oxygens (including phenoxy) is 1. The summed E-state index contributed by atoms with van der Waals surface area (Å²) < 4.78 is 66.4. The third-order valence-corrected chi connectivity index (χ3v) is 6.37. The summed E-state index contributed by atoms with van der Waals surface area (Å²) in [4.78, 5) is 4.12. The minimum atomic E-state index is -5.26. The van der Waals surface area contributed by atoms with Crippen molar-refractivity contribution in [2.45, 2.75) is 37.2 Å². The fourth-order valence-corrected chi connectivity index (χ4v) is 4.05. The lowest BCUT2D eigenvalue weighted by Gasteiger charge is -2.32. The largest absolute Gasteiger partial charge is 0.511 e. The van der Waals surface area contributed by atoms with Crippen LogP contribution in [0.1, 0.15) is 24.8 Å². The Balaban J connectivity index is 1.72. The molecule has 2 rings (SSSR count). The first-order valence-corrected chi connectivity index (χ1v) is 10.8. The normalized spacial score (nSPS) is 17.2. The molecule has 0 radical (unpaired) electrons. The SMILES string of the molecule is CN=C(NCCCc1ccc(OC)cc1)NC1CCN(S(=O)(=O)C(F)(F)F)CC1. The van der Waals surface area contributed by atoms with Gasteiger partial charge in [0.2, 0.25) is 0 Å². The first kappa shape index (κ1) is 23.3. The van der Waals surface area contributed by atoms with Crippen molar-refractivity contribution in [1.82, 2.24) is 14.9 Å². The van der Waals surface area contributed by atoms with Crippen LogP contribution in [0.15, 0.2) is 29.3 Å². The van der Waals surface area contributed by atoms with Gasteiger partial charge in [-0.3, -0.25) is 4.99 Å². The number of halogens is 3. The Kier molecular flexibility index (Phi) is 8.14. The Morgan fingerprint density at radius 2 is 1.86 bits per heavy atom. The lowest BCUT2D eigenvalue weighted by molar-refractivity contribution is -0.0494. The Hall–Kier alpha value is -2.01. The van der Waals surface area contributed by atoms with Gasteiger partial charge < -0.3 is 15.4 Å². The van der Waals surface area contributed by atoms with Crippen LogP contribution in [0.4, 0.5) is 13.2 Å². The maximum Gasteiger partial charge on any atom is 0.511 e. The van der Waals surface area contributed by atoms with Gasteiger partial charge in [-0.25, -0.2) is 8.42 Å². The second kappa shape index (κ2) is 10.1. The first-order valence-electron chi connectivity index (χ1n) is 9.34. The summed E-state index contributed by atoms with van der Waals surface area (Å²) in [6.07, 6.45) is 2.31. The molecule has 0 bridgehead atoms. The number of methoxy groups -OCH3 is 1. The number of piperidine rings is 1. The van der Waals surface area contributed by atoms with E-state index in [4.69, 9.17) is 4.74 Å². The third-order valence-electron chi connectivity index (χ3n) is 4.74. The number of aliphatic imine (C=N–C) groups is 1. The molecule has 11 heteroatoms. The Morgan fingerprint density at radius 1 is 1.24 bits per heavy atom.